The van der Waals surface area contributed by atoms with Crippen molar-refractivity contribution in [2.24, 2.45) is 0 Å². The number of esters is 1. The van der Waals surface area contributed by atoms with E-state index in [-0.39, 0.29) is 24.8 Å². The van der Waals surface area contributed by atoms with Gasteiger partial charge < -0.3 is 9.64 Å². The molecule has 4 nitrogen and oxygen atoms in total. The molecule has 2 aromatic carbocycles. The molecular formula is C20H20FNO3S. The third-order valence-electron chi connectivity index (χ3n) is 4.16. The number of rotatable bonds is 4. The number of halogens is 1. The summed E-state index contributed by atoms with van der Waals surface area (Å²) < 4.78 is 18.0. The molecule has 0 aromatic heterocycles. The zero-order chi connectivity index (χ0) is 18.5. The number of nitrogens with zero attached hydrogens (tertiary/aromatic N) is 1. The summed E-state index contributed by atoms with van der Waals surface area (Å²) in [7, 11) is 0. The molecule has 0 N–H and O–H groups in total. The first-order valence-electron chi connectivity index (χ1n) is 8.49. The van der Waals surface area contributed by atoms with Gasteiger partial charge >= 0.3 is 5.97 Å². The molecule has 26 heavy (non-hydrogen) atoms. The molecule has 0 unspecified atom stereocenters. The summed E-state index contributed by atoms with van der Waals surface area (Å²) in [5.74, 6) is -1.10. The van der Waals surface area contributed by atoms with Crippen molar-refractivity contribution >= 4 is 29.3 Å². The lowest BCUT2D eigenvalue weighted by molar-refractivity contribution is -0.147. The van der Waals surface area contributed by atoms with Gasteiger partial charge in [-0.25, -0.2) is 4.39 Å². The van der Waals surface area contributed by atoms with E-state index in [0.717, 1.165) is 17.0 Å². The van der Waals surface area contributed by atoms with Crippen molar-refractivity contribution in [1.82, 2.24) is 0 Å². The number of anilines is 1. The van der Waals surface area contributed by atoms with Gasteiger partial charge in [0.25, 0.3) is 5.91 Å². The van der Waals surface area contributed by atoms with Crippen molar-refractivity contribution in [1.29, 1.82) is 0 Å². The van der Waals surface area contributed by atoms with E-state index in [4.69, 9.17) is 4.74 Å². The quantitative estimate of drug-likeness (QED) is 0.764. The highest BCUT2D eigenvalue weighted by molar-refractivity contribution is 8.00. The van der Waals surface area contributed by atoms with E-state index < -0.39 is 5.97 Å². The normalized spacial score (nSPS) is 16.5. The number of amides is 1. The minimum Gasteiger partial charge on any atom is -0.455 e. The van der Waals surface area contributed by atoms with E-state index in [1.807, 2.05) is 24.3 Å². The van der Waals surface area contributed by atoms with Gasteiger partial charge in [-0.1, -0.05) is 31.2 Å². The minimum atomic E-state index is -0.504. The molecular weight excluding hydrogens is 353 g/mol. The Morgan fingerprint density at radius 2 is 1.92 bits per heavy atom. The summed E-state index contributed by atoms with van der Waals surface area (Å²) in [6, 6.07) is 13.4. The molecule has 0 fully saturated rings. The summed E-state index contributed by atoms with van der Waals surface area (Å²) in [5.41, 5.74) is 1.51. The Labute approximate surface area is 156 Å². The fraction of sp³-hybridized carbons (Fsp3) is 0.300. The Hall–Kier alpha value is -2.34. The number of para-hydroxylation sites is 1. The molecule has 0 spiro atoms. The van der Waals surface area contributed by atoms with E-state index in [2.05, 4.69) is 6.92 Å². The smallest absolute Gasteiger partial charge is 0.310 e. The molecule has 0 bridgehead atoms. The average molecular weight is 373 g/mol. The summed E-state index contributed by atoms with van der Waals surface area (Å²) in [5, 5.41) is 0.412. The fourth-order valence-electron chi connectivity index (χ4n) is 2.79. The SMILES string of the molecule is C[C@H]1CCN(C(=O)COC(=O)Cc2ccc(F)cc2)c2ccccc2S1. The molecule has 0 saturated heterocycles. The zero-order valence-electron chi connectivity index (χ0n) is 14.5. The lowest BCUT2D eigenvalue weighted by atomic mass is 10.1. The minimum absolute atomic E-state index is 0.0109. The van der Waals surface area contributed by atoms with E-state index in [9.17, 15) is 14.0 Å². The van der Waals surface area contributed by atoms with E-state index in [1.165, 1.54) is 24.3 Å². The van der Waals surface area contributed by atoms with Crippen LogP contribution in [0.3, 0.4) is 0 Å². The van der Waals surface area contributed by atoms with Crippen molar-refractivity contribution < 1.29 is 18.7 Å². The summed E-state index contributed by atoms with van der Waals surface area (Å²) in [6.45, 7) is 2.44. The molecule has 0 saturated carbocycles. The Bertz CT molecular complexity index is 794. The molecule has 1 amide bonds. The van der Waals surface area contributed by atoms with Gasteiger partial charge in [0.1, 0.15) is 5.82 Å². The molecule has 0 radical (unpaired) electrons. The maximum atomic E-state index is 12.9. The van der Waals surface area contributed by atoms with Crippen LogP contribution in [0.15, 0.2) is 53.4 Å². The van der Waals surface area contributed by atoms with Gasteiger partial charge in [0.2, 0.25) is 0 Å². The fourth-order valence-corrected chi connectivity index (χ4v) is 3.90. The van der Waals surface area contributed by atoms with Crippen LogP contribution in [0.1, 0.15) is 18.9 Å². The third kappa shape index (κ3) is 4.64. The largest absolute Gasteiger partial charge is 0.455 e. The van der Waals surface area contributed by atoms with Crippen LogP contribution in [0.2, 0.25) is 0 Å². The van der Waals surface area contributed by atoms with Crippen LogP contribution in [-0.2, 0) is 20.7 Å². The highest BCUT2D eigenvalue weighted by Crippen LogP contribution is 2.37. The van der Waals surface area contributed by atoms with Gasteiger partial charge in [-0.15, -0.1) is 11.8 Å². The summed E-state index contributed by atoms with van der Waals surface area (Å²) in [4.78, 5) is 27.3. The molecule has 2 aromatic rings. The lowest BCUT2D eigenvalue weighted by Crippen LogP contribution is -2.36. The van der Waals surface area contributed by atoms with Crippen molar-refractivity contribution in [3.05, 3.63) is 59.9 Å². The van der Waals surface area contributed by atoms with Crippen molar-refractivity contribution in [2.45, 2.75) is 29.9 Å². The first kappa shape index (κ1) is 18.5. The number of carbonyl (C=O) groups excluding carboxylic acids is 2. The Morgan fingerprint density at radius 1 is 1.19 bits per heavy atom. The van der Waals surface area contributed by atoms with Crippen LogP contribution < -0.4 is 4.90 Å². The first-order chi connectivity index (χ1) is 12.5. The summed E-state index contributed by atoms with van der Waals surface area (Å²) in [6.07, 6.45) is 0.881. The number of ether oxygens (including phenoxy) is 1. The van der Waals surface area contributed by atoms with Crippen molar-refractivity contribution in [2.75, 3.05) is 18.1 Å². The lowest BCUT2D eigenvalue weighted by Gasteiger charge is -2.22. The van der Waals surface area contributed by atoms with Gasteiger partial charge in [0, 0.05) is 16.7 Å². The Balaban J connectivity index is 1.61. The molecule has 1 heterocycles. The standard InChI is InChI=1S/C20H20FNO3S/c1-14-10-11-22(17-4-2-3-5-18(17)26-14)19(23)13-25-20(24)12-15-6-8-16(21)9-7-15/h2-9,14H,10-13H2,1H3/t14-/m0/s1. The molecule has 136 valence electrons. The van der Waals surface area contributed by atoms with E-state index in [1.54, 1.807) is 16.7 Å². The maximum Gasteiger partial charge on any atom is 0.310 e. The number of thioether (sulfide) groups is 1. The van der Waals surface area contributed by atoms with Crippen molar-refractivity contribution in [3.63, 3.8) is 0 Å². The third-order valence-corrected chi connectivity index (χ3v) is 5.40. The van der Waals surface area contributed by atoms with Crippen molar-refractivity contribution in [3.8, 4) is 0 Å². The Morgan fingerprint density at radius 3 is 2.69 bits per heavy atom. The molecule has 3 rings (SSSR count). The van der Waals surface area contributed by atoms with Gasteiger partial charge in [0.05, 0.1) is 12.1 Å². The number of fused-ring (bicyclic) bond motifs is 1. The van der Waals surface area contributed by atoms with Crippen LogP contribution in [0, 0.1) is 5.82 Å². The number of hydrogen-bond acceptors (Lipinski definition) is 4. The maximum absolute atomic E-state index is 12.9. The highest BCUT2D eigenvalue weighted by atomic mass is 32.2. The van der Waals surface area contributed by atoms with Crippen LogP contribution in [-0.4, -0.2) is 30.3 Å². The van der Waals surface area contributed by atoms with E-state index >= 15 is 0 Å². The number of benzene rings is 2. The Kier molecular flexibility index (Phi) is 5.93. The first-order valence-corrected chi connectivity index (χ1v) is 9.37. The second kappa shape index (κ2) is 8.36. The van der Waals surface area contributed by atoms with Gasteiger partial charge in [-0.2, -0.15) is 0 Å². The monoisotopic (exact) mass is 373 g/mol. The second-order valence-corrected chi connectivity index (χ2v) is 7.67. The molecule has 0 aliphatic carbocycles. The zero-order valence-corrected chi connectivity index (χ0v) is 15.3. The van der Waals surface area contributed by atoms with Gasteiger partial charge in [-0.05, 0) is 36.2 Å². The predicted octanol–water partition coefficient (Wildman–Crippen LogP) is 3.83. The molecule has 6 heteroatoms. The van der Waals surface area contributed by atoms with Crippen LogP contribution in [0.5, 0.6) is 0 Å². The average Bonchev–Trinajstić information content (AvgIpc) is 2.80. The number of carbonyl (C=O) groups is 2. The summed E-state index contributed by atoms with van der Waals surface area (Å²) >= 11 is 1.75. The molecule has 1 aliphatic rings. The number of hydrogen-bond donors (Lipinski definition) is 0. The molecule has 1 aliphatic heterocycles. The second-order valence-electron chi connectivity index (χ2n) is 6.19. The topological polar surface area (TPSA) is 46.6 Å². The van der Waals surface area contributed by atoms with Crippen LogP contribution >= 0.6 is 11.8 Å². The van der Waals surface area contributed by atoms with Gasteiger partial charge in [-0.3, -0.25) is 9.59 Å². The van der Waals surface area contributed by atoms with Crippen LogP contribution in [0.4, 0.5) is 10.1 Å². The van der Waals surface area contributed by atoms with Gasteiger partial charge in [0.15, 0.2) is 6.61 Å². The molecule has 1 atom stereocenters. The van der Waals surface area contributed by atoms with Crippen LogP contribution in [0.25, 0.3) is 0 Å². The predicted molar refractivity (Wildman–Crippen MR) is 99.8 cm³/mol. The van der Waals surface area contributed by atoms with E-state index in [0.29, 0.717) is 17.4 Å². The highest BCUT2D eigenvalue weighted by Gasteiger charge is 2.24.